The molecule has 0 aliphatic heterocycles. The van der Waals surface area contributed by atoms with Crippen molar-refractivity contribution in [2.45, 2.75) is 116 Å². The van der Waals surface area contributed by atoms with E-state index in [0.29, 0.717) is 19.3 Å². The first-order chi connectivity index (χ1) is 12.6. The molecule has 0 saturated heterocycles. The summed E-state index contributed by atoms with van der Waals surface area (Å²) in [5.74, 6) is -0.907. The Balaban J connectivity index is 3.75. The molecule has 4 heteroatoms. The van der Waals surface area contributed by atoms with Gasteiger partial charge < -0.3 is 9.84 Å². The van der Waals surface area contributed by atoms with Crippen molar-refractivity contribution in [3.63, 3.8) is 0 Å². The van der Waals surface area contributed by atoms with Crippen LogP contribution in [-0.2, 0) is 14.3 Å². The molecule has 4 nitrogen and oxygen atoms in total. The van der Waals surface area contributed by atoms with E-state index in [9.17, 15) is 9.59 Å². The van der Waals surface area contributed by atoms with E-state index in [0.717, 1.165) is 38.5 Å². The van der Waals surface area contributed by atoms with Gasteiger partial charge in [0.15, 0.2) is 0 Å². The predicted octanol–water partition coefficient (Wildman–Crippen LogP) is 6.43. The Morgan fingerprint density at radius 2 is 1.46 bits per heavy atom. The summed E-state index contributed by atoms with van der Waals surface area (Å²) >= 11 is 0. The zero-order chi connectivity index (χ0) is 19.5. The Kier molecular flexibility index (Phi) is 17.5. The molecule has 0 amide bonds. The number of ether oxygens (including phenoxy) is 1. The normalized spacial score (nSPS) is 12.4. The summed E-state index contributed by atoms with van der Waals surface area (Å²) < 4.78 is 5.58. The molecule has 0 aromatic carbocycles. The molecule has 1 N–H and O–H groups in total. The number of unbranched alkanes of at least 4 members (excludes halogenated alkanes) is 7. The summed E-state index contributed by atoms with van der Waals surface area (Å²) in [6.45, 7) is 4.30. The van der Waals surface area contributed by atoms with E-state index in [1.807, 2.05) is 0 Å². The van der Waals surface area contributed by atoms with Crippen molar-refractivity contribution in [3.05, 3.63) is 12.2 Å². The molecule has 0 spiro atoms. The van der Waals surface area contributed by atoms with Crippen LogP contribution in [0.15, 0.2) is 12.2 Å². The standard InChI is InChI=1S/C22H40O4/c1-3-5-7-8-9-10-11-12-13-14-19-22(25)26-20(16-6-4-2)17-15-18-21(23)24/h7-8,20H,3-6,9-19H2,1-2H3,(H,23,24)/b8-7-. The summed E-state index contributed by atoms with van der Waals surface area (Å²) in [4.78, 5) is 22.6. The van der Waals surface area contributed by atoms with Crippen LogP contribution in [0.4, 0.5) is 0 Å². The quantitative estimate of drug-likeness (QED) is 0.172. The minimum absolute atomic E-state index is 0.114. The van der Waals surface area contributed by atoms with E-state index in [2.05, 4.69) is 26.0 Å². The van der Waals surface area contributed by atoms with Gasteiger partial charge in [-0.05, 0) is 44.9 Å². The minimum atomic E-state index is -0.786. The highest BCUT2D eigenvalue weighted by Crippen LogP contribution is 2.15. The largest absolute Gasteiger partial charge is 0.481 e. The molecule has 1 atom stereocenters. The second kappa shape index (κ2) is 18.5. The Morgan fingerprint density at radius 1 is 0.808 bits per heavy atom. The van der Waals surface area contributed by atoms with Gasteiger partial charge in [0.2, 0.25) is 0 Å². The molecule has 0 saturated carbocycles. The average Bonchev–Trinajstić information content (AvgIpc) is 2.60. The van der Waals surface area contributed by atoms with Crippen molar-refractivity contribution < 1.29 is 19.4 Å². The topological polar surface area (TPSA) is 63.6 Å². The smallest absolute Gasteiger partial charge is 0.306 e. The molecular weight excluding hydrogens is 328 g/mol. The van der Waals surface area contributed by atoms with Crippen molar-refractivity contribution in [2.24, 2.45) is 0 Å². The van der Waals surface area contributed by atoms with E-state index in [4.69, 9.17) is 9.84 Å². The van der Waals surface area contributed by atoms with Crippen LogP contribution in [0.2, 0.25) is 0 Å². The summed E-state index contributed by atoms with van der Waals surface area (Å²) in [7, 11) is 0. The molecule has 0 aromatic rings. The lowest BCUT2D eigenvalue weighted by Crippen LogP contribution is -2.18. The second-order valence-electron chi connectivity index (χ2n) is 7.11. The van der Waals surface area contributed by atoms with Crippen molar-refractivity contribution in [1.82, 2.24) is 0 Å². The number of esters is 1. The SMILES string of the molecule is CCC/C=C\CCCCCCCC(=O)OC(CCCC)CCCC(=O)O. The molecule has 0 bridgehead atoms. The lowest BCUT2D eigenvalue weighted by Gasteiger charge is -2.17. The maximum absolute atomic E-state index is 12.0. The van der Waals surface area contributed by atoms with Gasteiger partial charge in [0.1, 0.15) is 6.10 Å². The maximum atomic E-state index is 12.0. The van der Waals surface area contributed by atoms with Crippen LogP contribution in [0.1, 0.15) is 110 Å². The van der Waals surface area contributed by atoms with Gasteiger partial charge in [-0.1, -0.05) is 64.5 Å². The first kappa shape index (κ1) is 24.7. The van der Waals surface area contributed by atoms with Gasteiger partial charge in [-0.2, -0.15) is 0 Å². The van der Waals surface area contributed by atoms with Crippen molar-refractivity contribution in [1.29, 1.82) is 0 Å². The van der Waals surface area contributed by atoms with Crippen molar-refractivity contribution in [2.75, 3.05) is 0 Å². The molecule has 0 aliphatic rings. The molecular formula is C22H40O4. The van der Waals surface area contributed by atoms with Crippen molar-refractivity contribution >= 4 is 11.9 Å². The lowest BCUT2D eigenvalue weighted by atomic mass is 10.1. The van der Waals surface area contributed by atoms with Crippen LogP contribution in [-0.4, -0.2) is 23.1 Å². The summed E-state index contributed by atoms with van der Waals surface area (Å²) in [6, 6.07) is 0. The molecule has 0 aliphatic carbocycles. The fourth-order valence-corrected chi connectivity index (χ4v) is 2.88. The van der Waals surface area contributed by atoms with Crippen LogP contribution in [0.5, 0.6) is 0 Å². The van der Waals surface area contributed by atoms with E-state index in [-0.39, 0.29) is 18.5 Å². The Labute approximate surface area is 160 Å². The van der Waals surface area contributed by atoms with Crippen LogP contribution in [0, 0.1) is 0 Å². The number of hydrogen-bond donors (Lipinski definition) is 1. The Bertz CT molecular complexity index is 376. The fourth-order valence-electron chi connectivity index (χ4n) is 2.88. The zero-order valence-electron chi connectivity index (χ0n) is 17.0. The minimum Gasteiger partial charge on any atom is -0.481 e. The van der Waals surface area contributed by atoms with Gasteiger partial charge in [-0.25, -0.2) is 0 Å². The molecule has 0 rings (SSSR count). The summed E-state index contributed by atoms with van der Waals surface area (Å²) in [5, 5.41) is 8.73. The van der Waals surface area contributed by atoms with E-state index >= 15 is 0 Å². The monoisotopic (exact) mass is 368 g/mol. The molecule has 26 heavy (non-hydrogen) atoms. The third-order valence-electron chi connectivity index (χ3n) is 4.47. The van der Waals surface area contributed by atoms with Gasteiger partial charge in [0, 0.05) is 12.8 Å². The number of carbonyl (C=O) groups is 2. The maximum Gasteiger partial charge on any atom is 0.306 e. The fraction of sp³-hybridized carbons (Fsp3) is 0.818. The van der Waals surface area contributed by atoms with Crippen LogP contribution in [0.25, 0.3) is 0 Å². The summed E-state index contributed by atoms with van der Waals surface area (Å²) in [5.41, 5.74) is 0. The van der Waals surface area contributed by atoms with Crippen LogP contribution >= 0.6 is 0 Å². The molecule has 0 radical (unpaired) electrons. The van der Waals surface area contributed by atoms with E-state index in [1.54, 1.807) is 0 Å². The summed E-state index contributed by atoms with van der Waals surface area (Å²) in [6.07, 6.45) is 18.3. The third kappa shape index (κ3) is 17.5. The zero-order valence-corrected chi connectivity index (χ0v) is 17.0. The highest BCUT2D eigenvalue weighted by molar-refractivity contribution is 5.69. The van der Waals surface area contributed by atoms with E-state index in [1.165, 1.54) is 32.1 Å². The van der Waals surface area contributed by atoms with Gasteiger partial charge in [-0.3, -0.25) is 9.59 Å². The van der Waals surface area contributed by atoms with Crippen LogP contribution in [0.3, 0.4) is 0 Å². The first-order valence-corrected chi connectivity index (χ1v) is 10.7. The number of carboxylic acids is 1. The highest BCUT2D eigenvalue weighted by Gasteiger charge is 2.14. The average molecular weight is 369 g/mol. The molecule has 0 fully saturated rings. The number of carbonyl (C=O) groups excluding carboxylic acids is 1. The highest BCUT2D eigenvalue weighted by atomic mass is 16.5. The van der Waals surface area contributed by atoms with Crippen molar-refractivity contribution in [3.8, 4) is 0 Å². The molecule has 0 heterocycles. The third-order valence-corrected chi connectivity index (χ3v) is 4.47. The van der Waals surface area contributed by atoms with Gasteiger partial charge >= 0.3 is 11.9 Å². The number of carboxylic acid groups (broad SMARTS) is 1. The van der Waals surface area contributed by atoms with Gasteiger partial charge in [0.25, 0.3) is 0 Å². The number of allylic oxidation sites excluding steroid dienone is 2. The number of aliphatic carboxylic acids is 1. The number of hydrogen-bond acceptors (Lipinski definition) is 3. The predicted molar refractivity (Wildman–Crippen MR) is 107 cm³/mol. The van der Waals surface area contributed by atoms with Gasteiger partial charge in [0.05, 0.1) is 0 Å². The Hall–Kier alpha value is -1.32. The van der Waals surface area contributed by atoms with Crippen LogP contribution < -0.4 is 0 Å². The lowest BCUT2D eigenvalue weighted by molar-refractivity contribution is -0.150. The van der Waals surface area contributed by atoms with Gasteiger partial charge in [-0.15, -0.1) is 0 Å². The first-order valence-electron chi connectivity index (χ1n) is 10.7. The molecule has 0 aromatic heterocycles. The van der Waals surface area contributed by atoms with E-state index < -0.39 is 5.97 Å². The molecule has 152 valence electrons. The second-order valence-corrected chi connectivity index (χ2v) is 7.11. The molecule has 1 unspecified atom stereocenters. The Morgan fingerprint density at radius 3 is 2.15 bits per heavy atom. The number of rotatable bonds is 18.